The SMILES string of the molecule is Cc1cc(C(C)NC(=O)c2ccc(OCC(F)(F)F)nc2OCC(F)(F)F)ccn1. The van der Waals surface area contributed by atoms with Crippen molar-refractivity contribution in [2.45, 2.75) is 32.2 Å². The molecule has 12 heteroatoms. The summed E-state index contributed by atoms with van der Waals surface area (Å²) in [6.45, 7) is -0.118. The van der Waals surface area contributed by atoms with Crippen LogP contribution in [0.4, 0.5) is 26.3 Å². The molecule has 0 aromatic carbocycles. The van der Waals surface area contributed by atoms with Crippen LogP contribution in [0.15, 0.2) is 30.5 Å². The molecule has 0 saturated carbocycles. The predicted octanol–water partition coefficient (Wildman–Crippen LogP) is 4.16. The van der Waals surface area contributed by atoms with Gasteiger partial charge < -0.3 is 14.8 Å². The monoisotopic (exact) mass is 437 g/mol. The molecule has 0 aliphatic heterocycles. The summed E-state index contributed by atoms with van der Waals surface area (Å²) in [5.41, 5.74) is 0.985. The van der Waals surface area contributed by atoms with Crippen molar-refractivity contribution in [2.75, 3.05) is 13.2 Å². The highest BCUT2D eigenvalue weighted by atomic mass is 19.4. The van der Waals surface area contributed by atoms with E-state index in [-0.39, 0.29) is 0 Å². The number of aryl methyl sites for hydroxylation is 1. The van der Waals surface area contributed by atoms with Crippen LogP contribution in [0.25, 0.3) is 0 Å². The van der Waals surface area contributed by atoms with E-state index >= 15 is 0 Å². The molecule has 2 aromatic rings. The number of hydrogen-bond acceptors (Lipinski definition) is 5. The third-order valence-corrected chi connectivity index (χ3v) is 3.60. The molecule has 0 spiro atoms. The lowest BCUT2D eigenvalue weighted by Crippen LogP contribution is -2.28. The van der Waals surface area contributed by atoms with Gasteiger partial charge in [0.15, 0.2) is 13.2 Å². The van der Waals surface area contributed by atoms with Crippen molar-refractivity contribution in [3.05, 3.63) is 47.3 Å². The Morgan fingerprint density at radius 2 is 1.70 bits per heavy atom. The number of amides is 1. The van der Waals surface area contributed by atoms with Crippen molar-refractivity contribution in [1.82, 2.24) is 15.3 Å². The average Bonchev–Trinajstić information content (AvgIpc) is 2.63. The summed E-state index contributed by atoms with van der Waals surface area (Å²) in [4.78, 5) is 20.0. The standard InChI is InChI=1S/C18H17F6N3O3/c1-10-7-12(5-6-25-10)11(2)26-15(28)13-3-4-14(29-8-17(19,20)21)27-16(13)30-9-18(22,23)24/h3-7,11H,8-9H2,1-2H3,(H,26,28). The molecule has 0 aliphatic rings. The summed E-state index contributed by atoms with van der Waals surface area (Å²) in [7, 11) is 0. The van der Waals surface area contributed by atoms with E-state index < -0.39 is 54.8 Å². The number of nitrogens with one attached hydrogen (secondary N) is 1. The highest BCUT2D eigenvalue weighted by molar-refractivity contribution is 5.96. The molecular weight excluding hydrogens is 420 g/mol. The molecule has 2 rings (SSSR count). The molecule has 1 N–H and O–H groups in total. The van der Waals surface area contributed by atoms with Crippen LogP contribution < -0.4 is 14.8 Å². The van der Waals surface area contributed by atoms with Gasteiger partial charge in [-0.1, -0.05) is 0 Å². The predicted molar refractivity (Wildman–Crippen MR) is 92.2 cm³/mol. The zero-order chi connectivity index (χ0) is 22.5. The number of carbonyl (C=O) groups excluding carboxylic acids is 1. The van der Waals surface area contributed by atoms with Crippen LogP contribution >= 0.6 is 0 Å². The largest absolute Gasteiger partial charge is 0.468 e. The summed E-state index contributed by atoms with van der Waals surface area (Å²) in [6, 6.07) is 4.71. The Kier molecular flexibility index (Phi) is 7.11. The van der Waals surface area contributed by atoms with Gasteiger partial charge in [-0.15, -0.1) is 0 Å². The van der Waals surface area contributed by atoms with Gasteiger partial charge in [-0.05, 0) is 37.6 Å². The van der Waals surface area contributed by atoms with Gasteiger partial charge in [-0.3, -0.25) is 9.78 Å². The number of halogens is 6. The Morgan fingerprint density at radius 3 is 2.30 bits per heavy atom. The summed E-state index contributed by atoms with van der Waals surface area (Å²) in [6.07, 6.45) is -7.90. The van der Waals surface area contributed by atoms with E-state index in [9.17, 15) is 31.1 Å². The zero-order valence-corrected chi connectivity index (χ0v) is 15.8. The van der Waals surface area contributed by atoms with Crippen molar-refractivity contribution in [3.8, 4) is 11.8 Å². The van der Waals surface area contributed by atoms with Gasteiger partial charge in [0, 0.05) is 18.0 Å². The Bertz CT molecular complexity index is 886. The van der Waals surface area contributed by atoms with E-state index in [1.807, 2.05) is 0 Å². The van der Waals surface area contributed by atoms with Crippen LogP contribution in [0.1, 0.15) is 34.6 Å². The van der Waals surface area contributed by atoms with Crippen LogP contribution in [-0.4, -0.2) is 41.4 Å². The van der Waals surface area contributed by atoms with Crippen molar-refractivity contribution < 1.29 is 40.6 Å². The number of aromatic nitrogens is 2. The second-order valence-electron chi connectivity index (χ2n) is 6.24. The lowest BCUT2D eigenvalue weighted by atomic mass is 10.1. The van der Waals surface area contributed by atoms with Crippen molar-refractivity contribution in [3.63, 3.8) is 0 Å². The fraction of sp³-hybridized carbons (Fsp3) is 0.389. The van der Waals surface area contributed by atoms with E-state index in [1.54, 1.807) is 26.0 Å². The molecule has 30 heavy (non-hydrogen) atoms. The Balaban J connectivity index is 2.23. The second-order valence-corrected chi connectivity index (χ2v) is 6.24. The normalized spacial score (nSPS) is 12.9. The lowest BCUT2D eigenvalue weighted by Gasteiger charge is -2.17. The molecule has 1 atom stereocenters. The van der Waals surface area contributed by atoms with Crippen LogP contribution in [0.5, 0.6) is 11.8 Å². The van der Waals surface area contributed by atoms with Gasteiger partial charge in [0.25, 0.3) is 5.91 Å². The molecule has 2 heterocycles. The highest BCUT2D eigenvalue weighted by Gasteiger charge is 2.31. The van der Waals surface area contributed by atoms with Crippen molar-refractivity contribution in [2.24, 2.45) is 0 Å². The Morgan fingerprint density at radius 1 is 1.07 bits per heavy atom. The van der Waals surface area contributed by atoms with Gasteiger partial charge in [-0.25, -0.2) is 0 Å². The number of pyridine rings is 2. The summed E-state index contributed by atoms with van der Waals surface area (Å²) in [5, 5.41) is 2.56. The van der Waals surface area contributed by atoms with E-state index in [2.05, 4.69) is 24.8 Å². The summed E-state index contributed by atoms with van der Waals surface area (Å²) < 4.78 is 83.3. The molecule has 0 radical (unpaired) electrons. The molecule has 1 amide bonds. The van der Waals surface area contributed by atoms with E-state index in [0.717, 1.165) is 12.1 Å². The van der Waals surface area contributed by atoms with E-state index in [0.29, 0.717) is 11.3 Å². The van der Waals surface area contributed by atoms with Crippen molar-refractivity contribution >= 4 is 5.91 Å². The Hall–Kier alpha value is -3.05. The first-order valence-corrected chi connectivity index (χ1v) is 8.47. The van der Waals surface area contributed by atoms with Gasteiger partial charge in [0.2, 0.25) is 11.8 Å². The zero-order valence-electron chi connectivity index (χ0n) is 15.8. The molecule has 0 saturated heterocycles. The molecule has 164 valence electrons. The van der Waals surface area contributed by atoms with Crippen LogP contribution in [0, 0.1) is 6.92 Å². The summed E-state index contributed by atoms with van der Waals surface area (Å²) in [5.74, 6) is -2.27. The first-order valence-electron chi connectivity index (χ1n) is 8.47. The third kappa shape index (κ3) is 7.41. The van der Waals surface area contributed by atoms with Crippen LogP contribution in [0.2, 0.25) is 0 Å². The van der Waals surface area contributed by atoms with Gasteiger partial charge >= 0.3 is 12.4 Å². The summed E-state index contributed by atoms with van der Waals surface area (Å²) >= 11 is 0. The molecule has 0 aliphatic carbocycles. The minimum absolute atomic E-state index is 0.392. The minimum Gasteiger partial charge on any atom is -0.468 e. The molecule has 1 unspecified atom stereocenters. The number of alkyl halides is 6. The van der Waals surface area contributed by atoms with Gasteiger partial charge in [0.1, 0.15) is 5.56 Å². The number of ether oxygens (including phenoxy) is 2. The van der Waals surface area contributed by atoms with Crippen LogP contribution in [-0.2, 0) is 0 Å². The molecular formula is C18H17F6N3O3. The topological polar surface area (TPSA) is 73.3 Å². The molecule has 0 bridgehead atoms. The lowest BCUT2D eigenvalue weighted by molar-refractivity contribution is -0.155. The first kappa shape index (κ1) is 23.2. The first-order chi connectivity index (χ1) is 13.8. The van der Waals surface area contributed by atoms with E-state index in [1.165, 1.54) is 6.20 Å². The number of hydrogen-bond donors (Lipinski definition) is 1. The number of nitrogens with zero attached hydrogens (tertiary/aromatic N) is 2. The highest BCUT2D eigenvalue weighted by Crippen LogP contribution is 2.25. The second kappa shape index (κ2) is 9.18. The maximum Gasteiger partial charge on any atom is 0.422 e. The van der Waals surface area contributed by atoms with E-state index in [4.69, 9.17) is 0 Å². The third-order valence-electron chi connectivity index (χ3n) is 3.60. The minimum atomic E-state index is -4.75. The molecule has 0 fully saturated rings. The van der Waals surface area contributed by atoms with Gasteiger partial charge in [0.05, 0.1) is 6.04 Å². The van der Waals surface area contributed by atoms with Crippen molar-refractivity contribution in [1.29, 1.82) is 0 Å². The molecule has 2 aromatic heterocycles. The smallest absolute Gasteiger partial charge is 0.422 e. The maximum atomic E-state index is 12.5. The average molecular weight is 437 g/mol. The Labute approximate surface area is 167 Å². The maximum absolute atomic E-state index is 12.5. The van der Waals surface area contributed by atoms with Crippen LogP contribution in [0.3, 0.4) is 0 Å². The number of rotatable bonds is 7. The fourth-order valence-electron chi connectivity index (χ4n) is 2.29. The molecule has 6 nitrogen and oxygen atoms in total. The quantitative estimate of drug-likeness (QED) is 0.659. The number of carbonyl (C=O) groups is 1. The fourth-order valence-corrected chi connectivity index (χ4v) is 2.29. The van der Waals surface area contributed by atoms with Gasteiger partial charge in [-0.2, -0.15) is 31.3 Å².